The molecule has 98 valence electrons. The molecule has 1 saturated carbocycles. The van der Waals surface area contributed by atoms with Gasteiger partial charge in [0.05, 0.1) is 12.9 Å². The van der Waals surface area contributed by atoms with Gasteiger partial charge in [-0.2, -0.15) is 0 Å². The average Bonchev–Trinajstić information content (AvgIpc) is 3.19. The molecule has 0 atom stereocenters. The summed E-state index contributed by atoms with van der Waals surface area (Å²) in [5.41, 5.74) is 6.53. The van der Waals surface area contributed by atoms with Crippen LogP contribution in [-0.4, -0.2) is 25.3 Å². The Morgan fingerprint density at radius 2 is 2.33 bits per heavy atom. The van der Waals surface area contributed by atoms with Crippen LogP contribution in [0.2, 0.25) is 0 Å². The van der Waals surface area contributed by atoms with Gasteiger partial charge in [0.1, 0.15) is 5.75 Å². The monoisotopic (exact) mass is 266 g/mol. The molecule has 0 bridgehead atoms. The van der Waals surface area contributed by atoms with Gasteiger partial charge in [-0.15, -0.1) is 11.8 Å². The topological polar surface area (TPSA) is 64.3 Å². The summed E-state index contributed by atoms with van der Waals surface area (Å²) in [7, 11) is 1.61. The van der Waals surface area contributed by atoms with Gasteiger partial charge in [-0.05, 0) is 37.0 Å². The fourth-order valence-corrected chi connectivity index (χ4v) is 2.36. The van der Waals surface area contributed by atoms with Crippen LogP contribution in [0.15, 0.2) is 23.1 Å². The summed E-state index contributed by atoms with van der Waals surface area (Å²) in [4.78, 5) is 12.5. The molecule has 0 saturated heterocycles. The van der Waals surface area contributed by atoms with E-state index in [1.807, 2.05) is 12.1 Å². The molecule has 4 nitrogen and oxygen atoms in total. The van der Waals surface area contributed by atoms with E-state index >= 15 is 0 Å². The van der Waals surface area contributed by atoms with Gasteiger partial charge >= 0.3 is 0 Å². The van der Waals surface area contributed by atoms with Crippen molar-refractivity contribution in [3.8, 4) is 5.75 Å². The van der Waals surface area contributed by atoms with Crippen molar-refractivity contribution in [2.24, 2.45) is 5.92 Å². The van der Waals surface area contributed by atoms with Crippen molar-refractivity contribution < 1.29 is 9.53 Å². The van der Waals surface area contributed by atoms with E-state index in [0.29, 0.717) is 17.4 Å². The van der Waals surface area contributed by atoms with Crippen LogP contribution in [0.1, 0.15) is 12.8 Å². The molecule has 0 heterocycles. The zero-order valence-electron chi connectivity index (χ0n) is 10.4. The first kappa shape index (κ1) is 13.1. The second-order valence-electron chi connectivity index (χ2n) is 4.44. The molecule has 5 heteroatoms. The number of methoxy groups -OCH3 is 1. The number of anilines is 1. The Morgan fingerprint density at radius 3 is 3.00 bits per heavy atom. The van der Waals surface area contributed by atoms with Crippen molar-refractivity contribution in [2.75, 3.05) is 25.1 Å². The van der Waals surface area contributed by atoms with Crippen molar-refractivity contribution in [1.29, 1.82) is 0 Å². The number of nitrogens with one attached hydrogen (secondary N) is 1. The largest absolute Gasteiger partial charge is 0.497 e. The van der Waals surface area contributed by atoms with Crippen molar-refractivity contribution in [3.63, 3.8) is 0 Å². The molecule has 3 N–H and O–H groups in total. The van der Waals surface area contributed by atoms with E-state index < -0.39 is 0 Å². The van der Waals surface area contributed by atoms with Gasteiger partial charge in [-0.3, -0.25) is 4.79 Å². The fourth-order valence-electron chi connectivity index (χ4n) is 1.54. The maximum atomic E-state index is 11.6. The summed E-state index contributed by atoms with van der Waals surface area (Å²) >= 11 is 1.44. The lowest BCUT2D eigenvalue weighted by Gasteiger charge is -2.08. The van der Waals surface area contributed by atoms with Crippen LogP contribution in [0.4, 0.5) is 5.69 Å². The van der Waals surface area contributed by atoms with Crippen molar-refractivity contribution in [3.05, 3.63) is 18.2 Å². The smallest absolute Gasteiger partial charge is 0.230 e. The number of carbonyl (C=O) groups is 1. The number of amides is 1. The minimum atomic E-state index is 0.0640. The summed E-state index contributed by atoms with van der Waals surface area (Å²) in [6, 6.07) is 5.46. The fraction of sp³-hybridized carbons (Fsp3) is 0.462. The Labute approximate surface area is 111 Å². The highest BCUT2D eigenvalue weighted by Crippen LogP contribution is 2.29. The molecule has 0 spiro atoms. The minimum absolute atomic E-state index is 0.0640. The van der Waals surface area contributed by atoms with Gasteiger partial charge in [0.15, 0.2) is 0 Å². The molecule has 1 aliphatic carbocycles. The van der Waals surface area contributed by atoms with Gasteiger partial charge in [0.2, 0.25) is 5.91 Å². The predicted octanol–water partition coefficient (Wildman–Crippen LogP) is 1.90. The molecule has 0 radical (unpaired) electrons. The van der Waals surface area contributed by atoms with Crippen LogP contribution in [0.25, 0.3) is 0 Å². The van der Waals surface area contributed by atoms with Crippen molar-refractivity contribution in [2.45, 2.75) is 17.7 Å². The standard InChI is InChI=1S/C13H18N2O2S/c1-17-10-4-5-11(14)12(6-10)18-8-13(16)15-7-9-2-3-9/h4-6,9H,2-3,7-8,14H2,1H3,(H,15,16). The molecule has 1 fully saturated rings. The molecule has 0 aromatic heterocycles. The Morgan fingerprint density at radius 1 is 1.56 bits per heavy atom. The van der Waals surface area contributed by atoms with E-state index in [2.05, 4.69) is 5.32 Å². The van der Waals surface area contributed by atoms with Crippen molar-refractivity contribution >= 4 is 23.4 Å². The molecule has 0 unspecified atom stereocenters. The van der Waals surface area contributed by atoms with Crippen LogP contribution in [0, 0.1) is 5.92 Å². The number of thioether (sulfide) groups is 1. The van der Waals surface area contributed by atoms with Gasteiger partial charge < -0.3 is 15.8 Å². The van der Waals surface area contributed by atoms with Crippen LogP contribution in [0.5, 0.6) is 5.75 Å². The highest BCUT2D eigenvalue weighted by Gasteiger charge is 2.21. The number of rotatable bonds is 6. The first-order valence-corrected chi connectivity index (χ1v) is 7.00. The summed E-state index contributed by atoms with van der Waals surface area (Å²) in [6.07, 6.45) is 2.49. The van der Waals surface area contributed by atoms with E-state index in [9.17, 15) is 4.79 Å². The SMILES string of the molecule is COc1ccc(N)c(SCC(=O)NCC2CC2)c1. The Hall–Kier alpha value is -1.36. The molecule has 1 aliphatic rings. The number of carbonyl (C=O) groups excluding carboxylic acids is 1. The number of ether oxygens (including phenoxy) is 1. The Kier molecular flexibility index (Phi) is 4.36. The minimum Gasteiger partial charge on any atom is -0.497 e. The van der Waals surface area contributed by atoms with Crippen LogP contribution >= 0.6 is 11.8 Å². The third-order valence-corrected chi connectivity index (χ3v) is 3.94. The second-order valence-corrected chi connectivity index (χ2v) is 5.46. The number of benzene rings is 1. The normalized spacial score (nSPS) is 14.3. The lowest BCUT2D eigenvalue weighted by atomic mass is 10.3. The van der Waals surface area contributed by atoms with Crippen LogP contribution in [-0.2, 0) is 4.79 Å². The maximum absolute atomic E-state index is 11.6. The number of hydrogen-bond acceptors (Lipinski definition) is 4. The van der Waals surface area contributed by atoms with E-state index in [1.165, 1.54) is 24.6 Å². The lowest BCUT2D eigenvalue weighted by Crippen LogP contribution is -2.27. The lowest BCUT2D eigenvalue weighted by molar-refractivity contribution is -0.118. The Bertz CT molecular complexity index is 433. The highest BCUT2D eigenvalue weighted by atomic mass is 32.2. The molecule has 1 aromatic carbocycles. The number of hydrogen-bond donors (Lipinski definition) is 2. The molecule has 2 rings (SSSR count). The zero-order valence-corrected chi connectivity index (χ0v) is 11.3. The van der Waals surface area contributed by atoms with Gasteiger partial charge in [0.25, 0.3) is 0 Å². The van der Waals surface area contributed by atoms with E-state index in [1.54, 1.807) is 13.2 Å². The van der Waals surface area contributed by atoms with E-state index in [0.717, 1.165) is 17.2 Å². The van der Waals surface area contributed by atoms with E-state index in [-0.39, 0.29) is 5.91 Å². The first-order valence-electron chi connectivity index (χ1n) is 6.02. The summed E-state index contributed by atoms with van der Waals surface area (Å²) < 4.78 is 5.13. The molecule has 18 heavy (non-hydrogen) atoms. The quantitative estimate of drug-likeness (QED) is 0.609. The van der Waals surface area contributed by atoms with Crippen LogP contribution in [0.3, 0.4) is 0 Å². The maximum Gasteiger partial charge on any atom is 0.230 e. The zero-order chi connectivity index (χ0) is 13.0. The summed E-state index contributed by atoms with van der Waals surface area (Å²) in [5.74, 6) is 1.92. The molecular formula is C13H18N2O2S. The molecule has 1 aromatic rings. The summed E-state index contributed by atoms with van der Waals surface area (Å²) in [6.45, 7) is 0.812. The number of nitrogen functional groups attached to an aromatic ring is 1. The highest BCUT2D eigenvalue weighted by molar-refractivity contribution is 8.00. The van der Waals surface area contributed by atoms with Crippen molar-refractivity contribution in [1.82, 2.24) is 5.32 Å². The number of nitrogens with two attached hydrogens (primary N) is 1. The van der Waals surface area contributed by atoms with Gasteiger partial charge in [-0.1, -0.05) is 0 Å². The average molecular weight is 266 g/mol. The first-order chi connectivity index (χ1) is 8.69. The Balaban J connectivity index is 1.82. The third kappa shape index (κ3) is 3.84. The van der Waals surface area contributed by atoms with Gasteiger partial charge in [-0.25, -0.2) is 0 Å². The van der Waals surface area contributed by atoms with Crippen LogP contribution < -0.4 is 15.8 Å². The van der Waals surface area contributed by atoms with Gasteiger partial charge in [0, 0.05) is 17.1 Å². The van der Waals surface area contributed by atoms with E-state index in [4.69, 9.17) is 10.5 Å². The molecule has 0 aliphatic heterocycles. The third-order valence-electron chi connectivity index (χ3n) is 2.86. The predicted molar refractivity (Wildman–Crippen MR) is 73.9 cm³/mol. The molecule has 1 amide bonds. The second kappa shape index (κ2) is 6.00. The summed E-state index contributed by atoms with van der Waals surface area (Å²) in [5, 5.41) is 2.93. The molecular weight excluding hydrogens is 248 g/mol.